The average Bonchev–Trinajstić information content (AvgIpc) is 3.69. The molecule has 5 aromatic carbocycles. The highest BCUT2D eigenvalue weighted by Gasteiger charge is 2.63. The molecule has 1 aromatic heterocycles. The van der Waals surface area contributed by atoms with Crippen LogP contribution in [0.1, 0.15) is 134 Å². The van der Waals surface area contributed by atoms with Crippen LogP contribution in [0.4, 0.5) is 11.4 Å². The number of rotatable bonds is 1. The smallest absolute Gasteiger partial charge is 0.247 e. The molecule has 0 bridgehead atoms. The molecule has 3 aliphatic heterocycles. The molecule has 4 heterocycles. The van der Waals surface area contributed by atoms with Gasteiger partial charge in [0.05, 0.1) is 11.1 Å². The van der Waals surface area contributed by atoms with Crippen molar-refractivity contribution in [1.82, 2.24) is 4.57 Å². The Hall–Kier alpha value is -4.24. The number of hydrogen-bond donors (Lipinski definition) is 0. The normalized spacial score (nSPS) is 29.9. The predicted octanol–water partition coefficient (Wildman–Crippen LogP) is 10.9. The Morgan fingerprint density at radius 2 is 1.37 bits per heavy atom. The van der Waals surface area contributed by atoms with E-state index < -0.39 is 0 Å². The van der Waals surface area contributed by atoms with Gasteiger partial charge in [0.1, 0.15) is 0 Å². The average molecular weight is 705 g/mol. The summed E-state index contributed by atoms with van der Waals surface area (Å²) in [7, 11) is 0. The molecule has 2 nitrogen and oxygen atoms in total. The lowest BCUT2D eigenvalue weighted by Gasteiger charge is -2.52. The molecule has 5 unspecified atom stereocenters. The third kappa shape index (κ3) is 3.46. The SMILES string of the molecule is CC(C)(C)c1ccc2c(c1)C1(C)CCCCC1(C)N2c1cc2c3c(c1)-n1c4ccccc4c4cccc(c41)B3c1cccc3c1C2C1(C)CCCCC31C. The van der Waals surface area contributed by atoms with Gasteiger partial charge in [-0.15, -0.1) is 0 Å². The maximum atomic E-state index is 2.88. The molecule has 6 aromatic rings. The van der Waals surface area contributed by atoms with Crippen molar-refractivity contribution in [3.8, 4) is 5.69 Å². The van der Waals surface area contributed by atoms with Crippen LogP contribution in [0.5, 0.6) is 0 Å². The molecule has 54 heavy (non-hydrogen) atoms. The molecule has 3 heteroatoms. The summed E-state index contributed by atoms with van der Waals surface area (Å²) in [5.74, 6) is 0.386. The van der Waals surface area contributed by atoms with Crippen LogP contribution >= 0.6 is 0 Å². The van der Waals surface area contributed by atoms with Gasteiger partial charge >= 0.3 is 0 Å². The van der Waals surface area contributed by atoms with E-state index in [4.69, 9.17) is 0 Å². The van der Waals surface area contributed by atoms with Crippen molar-refractivity contribution in [2.75, 3.05) is 4.90 Å². The first-order valence-corrected chi connectivity index (χ1v) is 21.2. The quantitative estimate of drug-likeness (QED) is 0.155. The molecule has 0 spiro atoms. The summed E-state index contributed by atoms with van der Waals surface area (Å²) < 4.78 is 2.70. The molecule has 2 saturated carbocycles. The van der Waals surface area contributed by atoms with E-state index in [1.54, 1.807) is 33.2 Å². The van der Waals surface area contributed by atoms with Crippen LogP contribution in [-0.2, 0) is 16.2 Å². The first kappa shape index (κ1) is 32.1. The Morgan fingerprint density at radius 1 is 0.648 bits per heavy atom. The van der Waals surface area contributed by atoms with Gasteiger partial charge in [0.25, 0.3) is 0 Å². The summed E-state index contributed by atoms with van der Waals surface area (Å²) >= 11 is 0. The summed E-state index contributed by atoms with van der Waals surface area (Å²) in [5.41, 5.74) is 20.1. The van der Waals surface area contributed by atoms with Crippen LogP contribution < -0.4 is 21.3 Å². The molecule has 270 valence electrons. The Morgan fingerprint density at radius 3 is 2.20 bits per heavy atom. The van der Waals surface area contributed by atoms with Crippen LogP contribution in [0.2, 0.25) is 0 Å². The fraction of sp³-hybridized carbons (Fsp3) is 0.412. The summed E-state index contributed by atoms with van der Waals surface area (Å²) in [6.45, 7) is 17.9. The number of para-hydroxylation sites is 2. The fourth-order valence-corrected chi connectivity index (χ4v) is 14.0. The summed E-state index contributed by atoms with van der Waals surface area (Å²) in [5, 5.41) is 2.75. The van der Waals surface area contributed by atoms with Crippen molar-refractivity contribution in [2.45, 2.75) is 128 Å². The number of fused-ring (bicyclic) bond motifs is 13. The fourth-order valence-electron chi connectivity index (χ4n) is 14.0. The summed E-state index contributed by atoms with van der Waals surface area (Å²) in [6.07, 6.45) is 10.3. The largest absolute Gasteiger partial charge is 0.334 e. The summed E-state index contributed by atoms with van der Waals surface area (Å²) in [4.78, 5) is 2.88. The molecule has 0 N–H and O–H groups in total. The topological polar surface area (TPSA) is 8.17 Å². The van der Waals surface area contributed by atoms with Gasteiger partial charge in [-0.05, 0) is 112 Å². The molecule has 5 atom stereocenters. The van der Waals surface area contributed by atoms with Gasteiger partial charge in [-0.25, -0.2) is 0 Å². The van der Waals surface area contributed by atoms with E-state index in [9.17, 15) is 0 Å². The Bertz CT molecular complexity index is 2660. The van der Waals surface area contributed by atoms with Crippen molar-refractivity contribution in [2.24, 2.45) is 5.41 Å². The number of aromatic nitrogens is 1. The Balaban J connectivity index is 1.22. The lowest BCUT2D eigenvalue weighted by Crippen LogP contribution is -2.61. The zero-order valence-electron chi connectivity index (χ0n) is 33.4. The minimum atomic E-state index is -0.0121. The monoisotopic (exact) mass is 704 g/mol. The second-order valence-electron chi connectivity index (χ2n) is 20.3. The van der Waals surface area contributed by atoms with Crippen LogP contribution in [0.25, 0.3) is 27.5 Å². The maximum absolute atomic E-state index is 2.88. The second-order valence-corrected chi connectivity index (χ2v) is 20.3. The molecule has 0 radical (unpaired) electrons. The standard InChI is InChI=1S/C51H53BN2/c1-47(2,3)31-22-23-41-37(28-31)49(5)25-12-13-27-51(49,7)54(41)32-29-35-44-43-36(48(4)24-10-11-26-50(44,48)6)18-15-19-38(43)52-39-20-14-17-34-33-16-8-9-21-40(33)53(46(34)39)42(30-32)45(35)52/h8-9,14-23,28-30,44H,10-13,24-27H2,1-7H3. The molecule has 2 fully saturated rings. The zero-order valence-corrected chi connectivity index (χ0v) is 33.4. The highest BCUT2D eigenvalue weighted by atomic mass is 15.3. The number of benzene rings is 5. The van der Waals surface area contributed by atoms with Crippen LogP contribution in [0.15, 0.2) is 91.0 Å². The lowest BCUT2D eigenvalue weighted by atomic mass is 9.31. The van der Waals surface area contributed by atoms with Gasteiger partial charge in [0.15, 0.2) is 0 Å². The van der Waals surface area contributed by atoms with Crippen LogP contribution in [0, 0.1) is 5.41 Å². The number of hydrogen-bond acceptors (Lipinski definition) is 1. The van der Waals surface area contributed by atoms with E-state index in [1.807, 2.05) is 0 Å². The van der Waals surface area contributed by atoms with Crippen molar-refractivity contribution >= 4 is 56.3 Å². The minimum absolute atomic E-state index is 0.0121. The molecule has 3 aliphatic carbocycles. The predicted molar refractivity (Wildman–Crippen MR) is 229 cm³/mol. The van der Waals surface area contributed by atoms with E-state index >= 15 is 0 Å². The van der Waals surface area contributed by atoms with Crippen LogP contribution in [-0.4, -0.2) is 16.8 Å². The number of nitrogens with zero attached hydrogens (tertiary/aromatic N) is 2. The zero-order chi connectivity index (χ0) is 36.7. The first-order chi connectivity index (χ1) is 25.9. The minimum Gasteiger partial charge on any atom is -0.334 e. The van der Waals surface area contributed by atoms with E-state index in [0.717, 1.165) is 0 Å². The van der Waals surface area contributed by atoms with Gasteiger partial charge in [-0.1, -0.05) is 139 Å². The highest BCUT2D eigenvalue weighted by Crippen LogP contribution is 2.68. The van der Waals surface area contributed by atoms with Gasteiger partial charge in [-0.3, -0.25) is 0 Å². The first-order valence-electron chi connectivity index (χ1n) is 21.2. The molecule has 6 aliphatic rings. The van der Waals surface area contributed by atoms with E-state index in [-0.39, 0.29) is 33.9 Å². The van der Waals surface area contributed by atoms with Crippen LogP contribution in [0.3, 0.4) is 0 Å². The van der Waals surface area contributed by atoms with Gasteiger partial charge in [0.2, 0.25) is 6.71 Å². The highest BCUT2D eigenvalue weighted by molar-refractivity contribution is 6.99. The van der Waals surface area contributed by atoms with E-state index in [2.05, 4.69) is 149 Å². The van der Waals surface area contributed by atoms with Gasteiger partial charge < -0.3 is 9.47 Å². The van der Waals surface area contributed by atoms with Gasteiger partial charge in [0, 0.05) is 44.7 Å². The van der Waals surface area contributed by atoms with Crippen molar-refractivity contribution in [1.29, 1.82) is 0 Å². The molecular weight excluding hydrogens is 651 g/mol. The Labute approximate surface area is 322 Å². The second kappa shape index (κ2) is 9.95. The third-order valence-corrected chi connectivity index (χ3v) is 17.1. The molecule has 12 rings (SSSR count). The maximum Gasteiger partial charge on any atom is 0.247 e. The summed E-state index contributed by atoms with van der Waals surface area (Å²) in [6, 6.07) is 36.9. The lowest BCUT2D eigenvalue weighted by molar-refractivity contribution is 0.0926. The number of anilines is 2. The van der Waals surface area contributed by atoms with Crippen molar-refractivity contribution in [3.05, 3.63) is 119 Å². The molecular formula is C51H53BN2. The van der Waals surface area contributed by atoms with E-state index in [0.29, 0.717) is 5.92 Å². The third-order valence-electron chi connectivity index (χ3n) is 17.1. The molecule has 0 saturated heterocycles. The van der Waals surface area contributed by atoms with Gasteiger partial charge in [-0.2, -0.15) is 0 Å². The Kier molecular flexibility index (Phi) is 5.90. The molecule has 0 amide bonds. The van der Waals surface area contributed by atoms with Crippen molar-refractivity contribution in [3.63, 3.8) is 0 Å². The van der Waals surface area contributed by atoms with E-state index in [1.165, 1.54) is 101 Å². The van der Waals surface area contributed by atoms with Crippen molar-refractivity contribution < 1.29 is 0 Å².